The summed E-state index contributed by atoms with van der Waals surface area (Å²) in [5.74, 6) is -0.0829. The van der Waals surface area contributed by atoms with Crippen LogP contribution in [0.5, 0.6) is 0 Å². The zero-order valence-corrected chi connectivity index (χ0v) is 9.80. The van der Waals surface area contributed by atoms with Crippen LogP contribution in [0.15, 0.2) is 23.1 Å². The van der Waals surface area contributed by atoms with Gasteiger partial charge in [0.2, 0.25) is 0 Å². The van der Waals surface area contributed by atoms with Crippen LogP contribution in [0.4, 0.5) is 0 Å². The molecule has 0 fully saturated rings. The lowest BCUT2D eigenvalue weighted by molar-refractivity contribution is 0.0936. The smallest absolute Gasteiger partial charge is 0.251 e. The highest BCUT2D eigenvalue weighted by molar-refractivity contribution is 7.80. The van der Waals surface area contributed by atoms with Crippen LogP contribution in [-0.2, 0) is 4.74 Å². The van der Waals surface area contributed by atoms with Gasteiger partial charge >= 0.3 is 0 Å². The maximum Gasteiger partial charge on any atom is 0.251 e. The summed E-state index contributed by atoms with van der Waals surface area (Å²) in [4.78, 5) is 12.5. The molecule has 0 atom stereocenters. The summed E-state index contributed by atoms with van der Waals surface area (Å²) in [6.07, 6.45) is 0. The first kappa shape index (κ1) is 12.1. The Morgan fingerprint density at radius 2 is 2.27 bits per heavy atom. The molecule has 3 nitrogen and oxygen atoms in total. The van der Waals surface area contributed by atoms with Crippen molar-refractivity contribution in [3.05, 3.63) is 29.3 Å². The van der Waals surface area contributed by atoms with Gasteiger partial charge in [-0.3, -0.25) is 4.79 Å². The number of amides is 1. The van der Waals surface area contributed by atoms with Gasteiger partial charge in [0.15, 0.2) is 0 Å². The van der Waals surface area contributed by atoms with E-state index in [1.54, 1.807) is 13.2 Å². The van der Waals surface area contributed by atoms with Gasteiger partial charge in [0.05, 0.1) is 6.61 Å². The highest BCUT2D eigenvalue weighted by atomic mass is 32.1. The van der Waals surface area contributed by atoms with Crippen molar-refractivity contribution in [3.8, 4) is 0 Å². The summed E-state index contributed by atoms with van der Waals surface area (Å²) in [5.41, 5.74) is 1.61. The summed E-state index contributed by atoms with van der Waals surface area (Å²) in [7, 11) is 1.60. The molecular weight excluding hydrogens is 210 g/mol. The third-order valence-electron chi connectivity index (χ3n) is 2.06. The summed E-state index contributed by atoms with van der Waals surface area (Å²) in [5, 5.41) is 2.77. The van der Waals surface area contributed by atoms with Crippen molar-refractivity contribution in [3.63, 3.8) is 0 Å². The minimum Gasteiger partial charge on any atom is -0.383 e. The molecule has 0 aromatic heterocycles. The average molecular weight is 225 g/mol. The fourth-order valence-electron chi connectivity index (χ4n) is 1.22. The fourth-order valence-corrected chi connectivity index (χ4v) is 1.42. The molecular formula is C11H15NO2S. The Morgan fingerprint density at radius 1 is 1.53 bits per heavy atom. The second-order valence-corrected chi connectivity index (χ2v) is 3.76. The SMILES string of the molecule is COCCNC(=O)c1cc(S)ccc1C. The van der Waals surface area contributed by atoms with Gasteiger partial charge in [0.1, 0.15) is 0 Å². The first-order valence-electron chi connectivity index (χ1n) is 4.72. The largest absolute Gasteiger partial charge is 0.383 e. The molecule has 1 rings (SSSR count). The van der Waals surface area contributed by atoms with Crippen molar-refractivity contribution in [1.29, 1.82) is 0 Å². The molecule has 0 aliphatic carbocycles. The summed E-state index contributed by atoms with van der Waals surface area (Å²) >= 11 is 4.20. The average Bonchev–Trinajstić information content (AvgIpc) is 2.22. The molecule has 4 heteroatoms. The van der Waals surface area contributed by atoms with Crippen molar-refractivity contribution >= 4 is 18.5 Å². The van der Waals surface area contributed by atoms with E-state index in [1.165, 1.54) is 0 Å². The van der Waals surface area contributed by atoms with E-state index in [-0.39, 0.29) is 5.91 Å². The summed E-state index contributed by atoms with van der Waals surface area (Å²) < 4.78 is 4.85. The van der Waals surface area contributed by atoms with Crippen molar-refractivity contribution in [2.45, 2.75) is 11.8 Å². The number of benzene rings is 1. The minimum absolute atomic E-state index is 0.0829. The van der Waals surface area contributed by atoms with E-state index in [9.17, 15) is 4.79 Å². The lowest BCUT2D eigenvalue weighted by Crippen LogP contribution is -2.27. The van der Waals surface area contributed by atoms with Gasteiger partial charge in [-0.25, -0.2) is 0 Å². The molecule has 0 bridgehead atoms. The van der Waals surface area contributed by atoms with E-state index in [0.717, 1.165) is 10.5 Å². The van der Waals surface area contributed by atoms with E-state index >= 15 is 0 Å². The second kappa shape index (κ2) is 5.78. The Kier molecular flexibility index (Phi) is 4.65. The maximum atomic E-state index is 11.7. The lowest BCUT2D eigenvalue weighted by atomic mass is 10.1. The zero-order valence-electron chi connectivity index (χ0n) is 8.91. The number of carbonyl (C=O) groups is 1. The van der Waals surface area contributed by atoms with Gasteiger partial charge < -0.3 is 10.1 Å². The monoisotopic (exact) mass is 225 g/mol. The predicted molar refractivity (Wildman–Crippen MR) is 62.6 cm³/mol. The number of aryl methyl sites for hydroxylation is 1. The predicted octanol–water partition coefficient (Wildman–Crippen LogP) is 1.66. The molecule has 1 N–H and O–H groups in total. The third kappa shape index (κ3) is 3.57. The quantitative estimate of drug-likeness (QED) is 0.604. The Morgan fingerprint density at radius 3 is 2.93 bits per heavy atom. The van der Waals surface area contributed by atoms with E-state index in [1.807, 2.05) is 19.1 Å². The van der Waals surface area contributed by atoms with Gasteiger partial charge in [0.25, 0.3) is 5.91 Å². The molecule has 0 aliphatic heterocycles. The third-order valence-corrected chi connectivity index (χ3v) is 2.34. The van der Waals surface area contributed by atoms with Crippen LogP contribution in [0.1, 0.15) is 15.9 Å². The van der Waals surface area contributed by atoms with Crippen LogP contribution >= 0.6 is 12.6 Å². The minimum atomic E-state index is -0.0829. The van der Waals surface area contributed by atoms with Crippen LogP contribution in [-0.4, -0.2) is 26.2 Å². The number of hydrogen-bond acceptors (Lipinski definition) is 3. The number of nitrogens with one attached hydrogen (secondary N) is 1. The summed E-state index contributed by atoms with van der Waals surface area (Å²) in [6, 6.07) is 5.51. The number of hydrogen-bond donors (Lipinski definition) is 2. The number of thiol groups is 1. The van der Waals surface area contributed by atoms with Crippen LogP contribution in [0.3, 0.4) is 0 Å². The van der Waals surface area contributed by atoms with Crippen LogP contribution in [0, 0.1) is 6.92 Å². The highest BCUT2D eigenvalue weighted by Crippen LogP contribution is 2.13. The van der Waals surface area contributed by atoms with Gasteiger partial charge in [0, 0.05) is 24.1 Å². The summed E-state index contributed by atoms with van der Waals surface area (Å²) in [6.45, 7) is 2.94. The Labute approximate surface area is 95.2 Å². The van der Waals surface area contributed by atoms with Gasteiger partial charge in [-0.05, 0) is 24.6 Å². The van der Waals surface area contributed by atoms with Crippen molar-refractivity contribution < 1.29 is 9.53 Å². The highest BCUT2D eigenvalue weighted by Gasteiger charge is 2.07. The lowest BCUT2D eigenvalue weighted by Gasteiger charge is -2.07. The molecule has 0 aliphatic rings. The Balaban J connectivity index is 2.68. The normalized spacial score (nSPS) is 10.1. The zero-order chi connectivity index (χ0) is 11.3. The molecule has 15 heavy (non-hydrogen) atoms. The topological polar surface area (TPSA) is 38.3 Å². The molecule has 82 valence electrons. The molecule has 0 saturated carbocycles. The first-order valence-corrected chi connectivity index (χ1v) is 5.16. The number of methoxy groups -OCH3 is 1. The Hall–Kier alpha value is -1.00. The fraction of sp³-hybridized carbons (Fsp3) is 0.364. The van der Waals surface area contributed by atoms with Gasteiger partial charge in [-0.1, -0.05) is 6.07 Å². The number of carbonyl (C=O) groups excluding carboxylic acids is 1. The van der Waals surface area contributed by atoms with E-state index in [0.29, 0.717) is 18.7 Å². The molecule has 0 saturated heterocycles. The second-order valence-electron chi connectivity index (χ2n) is 3.25. The molecule has 1 aromatic carbocycles. The van der Waals surface area contributed by atoms with Gasteiger partial charge in [-0.15, -0.1) is 12.6 Å². The molecule has 0 radical (unpaired) electrons. The molecule has 0 unspecified atom stereocenters. The molecule has 1 amide bonds. The van der Waals surface area contributed by atoms with Crippen molar-refractivity contribution in [2.24, 2.45) is 0 Å². The number of rotatable bonds is 4. The standard InChI is InChI=1S/C11H15NO2S/c1-8-3-4-9(15)7-10(8)11(13)12-5-6-14-2/h3-4,7,15H,5-6H2,1-2H3,(H,12,13). The van der Waals surface area contributed by atoms with Crippen LogP contribution in [0.2, 0.25) is 0 Å². The number of ether oxygens (including phenoxy) is 1. The van der Waals surface area contributed by atoms with E-state index in [4.69, 9.17) is 4.74 Å². The van der Waals surface area contributed by atoms with Crippen molar-refractivity contribution in [2.75, 3.05) is 20.3 Å². The molecule has 0 spiro atoms. The molecule has 1 aromatic rings. The van der Waals surface area contributed by atoms with E-state index in [2.05, 4.69) is 17.9 Å². The van der Waals surface area contributed by atoms with Crippen LogP contribution in [0.25, 0.3) is 0 Å². The first-order chi connectivity index (χ1) is 7.15. The van der Waals surface area contributed by atoms with Crippen LogP contribution < -0.4 is 5.32 Å². The maximum absolute atomic E-state index is 11.7. The Bertz CT molecular complexity index is 352. The van der Waals surface area contributed by atoms with E-state index < -0.39 is 0 Å². The molecule has 0 heterocycles. The van der Waals surface area contributed by atoms with Crippen molar-refractivity contribution in [1.82, 2.24) is 5.32 Å². The van der Waals surface area contributed by atoms with Gasteiger partial charge in [-0.2, -0.15) is 0 Å².